The third-order valence-corrected chi connectivity index (χ3v) is 9.10. The minimum atomic E-state index is -3.57. The van der Waals surface area contributed by atoms with Crippen LogP contribution in [-0.4, -0.2) is 41.7 Å². The molecule has 3 heterocycles. The number of carbonyl (C=O) groups is 1. The van der Waals surface area contributed by atoms with E-state index in [-0.39, 0.29) is 17.3 Å². The van der Waals surface area contributed by atoms with Crippen LogP contribution in [0.25, 0.3) is 10.2 Å². The fourth-order valence-electron chi connectivity index (χ4n) is 4.06. The molecule has 0 saturated carbocycles. The summed E-state index contributed by atoms with van der Waals surface area (Å²) in [7, 11) is -3.57. The van der Waals surface area contributed by atoms with Gasteiger partial charge in [-0.25, -0.2) is 13.4 Å². The molecule has 0 bridgehead atoms. The molecule has 0 spiro atoms. The van der Waals surface area contributed by atoms with Crippen LogP contribution in [0.5, 0.6) is 0 Å². The maximum Gasteiger partial charge on any atom is 0.260 e. The Morgan fingerprint density at radius 2 is 1.80 bits per heavy atom. The number of carbonyl (C=O) groups excluding carboxylic acids is 1. The van der Waals surface area contributed by atoms with Crippen LogP contribution >= 0.6 is 22.9 Å². The van der Waals surface area contributed by atoms with Gasteiger partial charge in [-0.3, -0.25) is 14.7 Å². The second-order valence-corrected chi connectivity index (χ2v) is 11.7. The first-order chi connectivity index (χ1) is 16.9. The summed E-state index contributed by atoms with van der Waals surface area (Å²) >= 11 is 7.51. The number of hydrogen-bond acceptors (Lipinski definition) is 6. The lowest BCUT2D eigenvalue weighted by molar-refractivity contribution is 0.0984. The number of piperidine rings is 1. The minimum Gasteiger partial charge on any atom is -0.278 e. The van der Waals surface area contributed by atoms with Crippen LogP contribution in [0.2, 0.25) is 5.02 Å². The quantitative estimate of drug-likeness (QED) is 0.337. The van der Waals surface area contributed by atoms with Crippen LogP contribution in [0.15, 0.2) is 71.8 Å². The third kappa shape index (κ3) is 5.08. The highest BCUT2D eigenvalue weighted by molar-refractivity contribution is 7.89. The first-order valence-corrected chi connectivity index (χ1v) is 13.9. The Kier molecular flexibility index (Phi) is 6.84. The Morgan fingerprint density at radius 3 is 2.51 bits per heavy atom. The first-order valence-electron chi connectivity index (χ1n) is 11.3. The van der Waals surface area contributed by atoms with E-state index >= 15 is 0 Å². The number of halogens is 1. The molecule has 0 radical (unpaired) electrons. The molecule has 1 fully saturated rings. The van der Waals surface area contributed by atoms with Crippen LogP contribution in [0.4, 0.5) is 5.13 Å². The van der Waals surface area contributed by atoms with E-state index in [1.807, 2.05) is 30.3 Å². The van der Waals surface area contributed by atoms with Gasteiger partial charge >= 0.3 is 0 Å². The number of nitrogens with zero attached hydrogens (tertiary/aromatic N) is 4. The van der Waals surface area contributed by atoms with E-state index in [2.05, 4.69) is 9.97 Å². The number of pyridine rings is 1. The fourth-order valence-corrected chi connectivity index (χ4v) is 6.82. The summed E-state index contributed by atoms with van der Waals surface area (Å²) in [5.74, 6) is -0.289. The molecule has 4 aromatic rings. The molecule has 7 nitrogen and oxygen atoms in total. The predicted octanol–water partition coefficient (Wildman–Crippen LogP) is 5.37. The van der Waals surface area contributed by atoms with Crippen molar-refractivity contribution in [2.24, 2.45) is 0 Å². The van der Waals surface area contributed by atoms with Gasteiger partial charge in [0.1, 0.15) is 0 Å². The van der Waals surface area contributed by atoms with E-state index in [9.17, 15) is 13.2 Å². The number of aromatic nitrogens is 2. The molecular formula is C25H23ClN4O3S2. The highest BCUT2D eigenvalue weighted by atomic mass is 35.5. The lowest BCUT2D eigenvalue weighted by atomic mass is 10.2. The summed E-state index contributed by atoms with van der Waals surface area (Å²) < 4.78 is 28.4. The summed E-state index contributed by atoms with van der Waals surface area (Å²) in [6, 6.07) is 17.1. The van der Waals surface area contributed by atoms with Gasteiger partial charge in [0.15, 0.2) is 5.13 Å². The summed E-state index contributed by atoms with van der Waals surface area (Å²) in [6.45, 7) is 1.28. The Hall–Kier alpha value is -2.85. The Labute approximate surface area is 213 Å². The number of rotatable bonds is 6. The molecule has 2 aromatic heterocycles. The van der Waals surface area contributed by atoms with Crippen LogP contribution < -0.4 is 4.90 Å². The molecular weight excluding hydrogens is 504 g/mol. The summed E-state index contributed by atoms with van der Waals surface area (Å²) in [5.41, 5.74) is 1.83. The van der Waals surface area contributed by atoms with Crippen molar-refractivity contribution in [2.75, 3.05) is 18.0 Å². The average Bonchev–Trinajstić information content (AvgIpc) is 3.31. The van der Waals surface area contributed by atoms with E-state index in [0.717, 1.165) is 29.5 Å². The van der Waals surface area contributed by atoms with Crippen molar-refractivity contribution in [1.82, 2.24) is 14.3 Å². The van der Waals surface area contributed by atoms with E-state index in [1.54, 1.807) is 29.3 Å². The van der Waals surface area contributed by atoms with Crippen molar-refractivity contribution in [3.63, 3.8) is 0 Å². The highest BCUT2D eigenvalue weighted by Gasteiger charge is 2.27. The second kappa shape index (κ2) is 10.0. The number of amides is 1. The molecule has 0 atom stereocenters. The van der Waals surface area contributed by atoms with Gasteiger partial charge in [-0.1, -0.05) is 35.4 Å². The van der Waals surface area contributed by atoms with Crippen molar-refractivity contribution in [3.05, 3.63) is 83.1 Å². The highest BCUT2D eigenvalue weighted by Crippen LogP contribution is 2.32. The molecule has 1 amide bonds. The molecule has 0 N–H and O–H groups in total. The molecule has 0 aliphatic carbocycles. The van der Waals surface area contributed by atoms with Crippen molar-refractivity contribution < 1.29 is 13.2 Å². The van der Waals surface area contributed by atoms with Crippen LogP contribution in [0.3, 0.4) is 0 Å². The average molecular weight is 527 g/mol. The van der Waals surface area contributed by atoms with Crippen LogP contribution in [0.1, 0.15) is 35.3 Å². The van der Waals surface area contributed by atoms with Gasteiger partial charge in [-0.05, 0) is 67.4 Å². The topological polar surface area (TPSA) is 83.5 Å². The van der Waals surface area contributed by atoms with E-state index in [0.29, 0.717) is 34.5 Å². The number of sulfonamides is 1. The fraction of sp³-hybridized carbons (Fsp3) is 0.240. The summed E-state index contributed by atoms with van der Waals surface area (Å²) in [6.07, 6.45) is 4.46. The zero-order chi connectivity index (χ0) is 24.4. The largest absolute Gasteiger partial charge is 0.278 e. The number of fused-ring (bicyclic) bond motifs is 1. The lowest BCUT2D eigenvalue weighted by Gasteiger charge is -2.26. The van der Waals surface area contributed by atoms with Gasteiger partial charge in [0.2, 0.25) is 10.0 Å². The summed E-state index contributed by atoms with van der Waals surface area (Å²) in [4.78, 5) is 24.4. The van der Waals surface area contributed by atoms with E-state index in [1.165, 1.54) is 27.8 Å². The maximum atomic E-state index is 13.6. The first kappa shape index (κ1) is 23.9. The molecule has 35 heavy (non-hydrogen) atoms. The SMILES string of the molecule is O=C(c1ccc(S(=O)(=O)N2CCCCC2)cc1)N(Cc1ccccn1)c1nc2ccc(Cl)cc2s1. The molecule has 1 aliphatic heterocycles. The van der Waals surface area contributed by atoms with Crippen LogP contribution in [0, 0.1) is 0 Å². The van der Waals surface area contributed by atoms with Gasteiger partial charge in [0.25, 0.3) is 5.91 Å². The minimum absolute atomic E-state index is 0.196. The molecule has 180 valence electrons. The Bertz CT molecular complexity index is 1450. The van der Waals surface area contributed by atoms with Gasteiger partial charge in [-0.2, -0.15) is 4.31 Å². The van der Waals surface area contributed by atoms with Crippen molar-refractivity contribution in [1.29, 1.82) is 0 Å². The number of hydrogen-bond donors (Lipinski definition) is 0. The van der Waals surface area contributed by atoms with Crippen molar-refractivity contribution in [3.8, 4) is 0 Å². The Balaban J connectivity index is 1.47. The number of benzene rings is 2. The maximum absolute atomic E-state index is 13.6. The predicted molar refractivity (Wildman–Crippen MR) is 138 cm³/mol. The molecule has 1 saturated heterocycles. The number of thiazole rings is 1. The second-order valence-electron chi connectivity index (χ2n) is 8.31. The molecule has 5 rings (SSSR count). The van der Waals surface area contributed by atoms with Gasteiger partial charge in [0.05, 0.1) is 27.4 Å². The Morgan fingerprint density at radius 1 is 1.03 bits per heavy atom. The smallest absolute Gasteiger partial charge is 0.260 e. The van der Waals surface area contributed by atoms with Crippen LogP contribution in [-0.2, 0) is 16.6 Å². The third-order valence-electron chi connectivity index (χ3n) is 5.92. The lowest BCUT2D eigenvalue weighted by Crippen LogP contribution is -2.35. The molecule has 10 heteroatoms. The monoisotopic (exact) mass is 526 g/mol. The molecule has 1 aliphatic rings. The standard InChI is InChI=1S/C25H23ClN4O3S2/c26-19-9-12-22-23(16-19)34-25(28-22)30(17-20-6-2-3-13-27-20)24(31)18-7-10-21(11-8-18)35(32,33)29-14-4-1-5-15-29/h2-3,6-13,16H,1,4-5,14-15,17H2. The molecule has 0 unspecified atom stereocenters. The van der Waals surface area contributed by atoms with Crippen molar-refractivity contribution in [2.45, 2.75) is 30.7 Å². The molecule has 2 aromatic carbocycles. The number of anilines is 1. The zero-order valence-corrected chi connectivity index (χ0v) is 21.2. The van der Waals surface area contributed by atoms with Crippen molar-refractivity contribution >= 4 is 54.2 Å². The van der Waals surface area contributed by atoms with E-state index in [4.69, 9.17) is 11.6 Å². The van der Waals surface area contributed by atoms with Gasteiger partial charge in [0, 0.05) is 29.9 Å². The zero-order valence-electron chi connectivity index (χ0n) is 18.8. The summed E-state index contributed by atoms with van der Waals surface area (Å²) in [5, 5.41) is 1.11. The van der Waals surface area contributed by atoms with E-state index < -0.39 is 10.0 Å². The van der Waals surface area contributed by atoms with Gasteiger partial charge in [-0.15, -0.1) is 0 Å². The normalized spacial score (nSPS) is 14.8. The van der Waals surface area contributed by atoms with Gasteiger partial charge < -0.3 is 0 Å².